The molecule has 2 atom stereocenters. The van der Waals surface area contributed by atoms with E-state index < -0.39 is 11.7 Å². The Morgan fingerprint density at radius 3 is 2.87 bits per heavy atom. The van der Waals surface area contributed by atoms with Crippen molar-refractivity contribution in [2.24, 2.45) is 0 Å². The van der Waals surface area contributed by atoms with Crippen LogP contribution in [0.25, 0.3) is 11.1 Å². The molecule has 1 amide bonds. The maximum atomic E-state index is 13.8. The lowest BCUT2D eigenvalue weighted by molar-refractivity contribution is -0.136. The Morgan fingerprint density at radius 1 is 1.39 bits per heavy atom. The smallest absolute Gasteiger partial charge is 0.342 e. The molecule has 0 radical (unpaired) electrons. The maximum absolute atomic E-state index is 13.8. The molecular weight excluding hydrogens is 411 g/mol. The zero-order chi connectivity index (χ0) is 22.2. The van der Waals surface area contributed by atoms with E-state index in [2.05, 4.69) is 15.1 Å². The van der Waals surface area contributed by atoms with Crippen LogP contribution in [0.3, 0.4) is 0 Å². The number of halogens is 3. The summed E-state index contributed by atoms with van der Waals surface area (Å²) in [5, 5.41) is 3.89. The van der Waals surface area contributed by atoms with Crippen molar-refractivity contribution in [1.29, 1.82) is 0 Å². The quantitative estimate of drug-likeness (QED) is 0.595. The van der Waals surface area contributed by atoms with E-state index in [1.54, 1.807) is 30.5 Å². The highest BCUT2D eigenvalue weighted by atomic mass is 19.4. The monoisotopic (exact) mass is 435 g/mol. The largest absolute Gasteiger partial charge is 0.417 e. The van der Waals surface area contributed by atoms with E-state index in [0.717, 1.165) is 6.07 Å². The number of likely N-dealkylation sites (tertiary alicyclic amines) is 1. The van der Waals surface area contributed by atoms with Crippen LogP contribution in [-0.2, 0) is 17.4 Å². The summed E-state index contributed by atoms with van der Waals surface area (Å²) in [6, 6.07) is 1.01. The third kappa shape index (κ3) is 4.28. The zero-order valence-corrected chi connectivity index (χ0v) is 17.4. The van der Waals surface area contributed by atoms with Gasteiger partial charge in [0.1, 0.15) is 0 Å². The second-order valence-corrected chi connectivity index (χ2v) is 8.00. The van der Waals surface area contributed by atoms with Crippen LogP contribution in [-0.4, -0.2) is 43.6 Å². The fraction of sp³-hybridized carbons (Fsp3) is 0.524. The molecule has 0 unspecified atom stereocenters. The molecule has 1 fully saturated rings. The highest BCUT2D eigenvalue weighted by Crippen LogP contribution is 2.40. The van der Waals surface area contributed by atoms with Crippen LogP contribution in [0.4, 0.5) is 13.2 Å². The first-order valence-electron chi connectivity index (χ1n) is 10.4. The lowest BCUT2D eigenvalue weighted by Crippen LogP contribution is -2.40. The summed E-state index contributed by atoms with van der Waals surface area (Å²) in [6.07, 6.45) is 2.54. The van der Waals surface area contributed by atoms with Crippen molar-refractivity contribution in [3.63, 3.8) is 0 Å². The Hall–Kier alpha value is -2.91. The fourth-order valence-corrected chi connectivity index (χ4v) is 4.15. The minimum atomic E-state index is -4.55. The normalized spacial score (nSPS) is 18.5. The molecule has 0 aromatic carbocycles. The van der Waals surface area contributed by atoms with Crippen LogP contribution in [0.5, 0.6) is 0 Å². The average molecular weight is 435 g/mol. The van der Waals surface area contributed by atoms with Gasteiger partial charge in [-0.05, 0) is 32.3 Å². The van der Waals surface area contributed by atoms with E-state index in [0.29, 0.717) is 38.0 Å². The Kier molecular flexibility index (Phi) is 5.72. The van der Waals surface area contributed by atoms with Crippen molar-refractivity contribution in [2.45, 2.75) is 57.7 Å². The van der Waals surface area contributed by atoms with Crippen molar-refractivity contribution in [3.8, 4) is 0 Å². The third-order valence-corrected chi connectivity index (χ3v) is 5.86. The molecule has 10 heteroatoms. The predicted molar refractivity (Wildman–Crippen MR) is 106 cm³/mol. The van der Waals surface area contributed by atoms with Crippen molar-refractivity contribution < 1.29 is 22.5 Å². The molecule has 3 aromatic heterocycles. The molecule has 4 rings (SSSR count). The van der Waals surface area contributed by atoms with Crippen LogP contribution >= 0.6 is 0 Å². The molecule has 0 saturated carbocycles. The van der Waals surface area contributed by atoms with Gasteiger partial charge in [0.15, 0.2) is 0 Å². The summed E-state index contributed by atoms with van der Waals surface area (Å²) >= 11 is 0. The number of rotatable bonds is 5. The molecule has 0 spiro atoms. The number of aromatic nitrogens is 4. The summed E-state index contributed by atoms with van der Waals surface area (Å²) < 4.78 is 48.4. The summed E-state index contributed by atoms with van der Waals surface area (Å²) in [4.78, 5) is 22.7. The Morgan fingerprint density at radius 2 is 2.19 bits per heavy atom. The van der Waals surface area contributed by atoms with Crippen LogP contribution in [0.2, 0.25) is 0 Å². The summed E-state index contributed by atoms with van der Waals surface area (Å²) in [7, 11) is 0. The van der Waals surface area contributed by atoms with Gasteiger partial charge in [0.25, 0.3) is 5.71 Å². The first-order chi connectivity index (χ1) is 14.8. The number of pyridine rings is 1. The number of fused-ring (bicyclic) bond motifs is 1. The van der Waals surface area contributed by atoms with Gasteiger partial charge in [-0.3, -0.25) is 4.79 Å². The van der Waals surface area contributed by atoms with Crippen molar-refractivity contribution in [2.75, 3.05) is 13.1 Å². The molecule has 3 aromatic rings. The second-order valence-electron chi connectivity index (χ2n) is 8.00. The van der Waals surface area contributed by atoms with Crippen molar-refractivity contribution >= 4 is 17.0 Å². The number of piperidine rings is 1. The van der Waals surface area contributed by atoms with Crippen LogP contribution in [0, 0.1) is 0 Å². The molecule has 31 heavy (non-hydrogen) atoms. The Balaban J connectivity index is 1.59. The minimum Gasteiger partial charge on any atom is -0.342 e. The molecule has 0 bridgehead atoms. The second kappa shape index (κ2) is 8.32. The van der Waals surface area contributed by atoms with Crippen LogP contribution in [0.15, 0.2) is 29.3 Å². The number of carbonyl (C=O) groups is 1. The van der Waals surface area contributed by atoms with E-state index in [1.165, 1.54) is 0 Å². The number of carbonyl (C=O) groups excluding carboxylic acids is 1. The number of nitrogens with zero attached hydrogens (tertiary/aromatic N) is 5. The topological polar surface area (TPSA) is 77.0 Å². The SMILES string of the molecule is CCc1cc(C(F)(F)F)c2c([C@H]3CCCN(C(=O)C[C@H](C)n4ccnc4)C3)noc2n1. The van der Waals surface area contributed by atoms with Gasteiger partial charge < -0.3 is 14.0 Å². The molecule has 0 aliphatic carbocycles. The number of hydrogen-bond donors (Lipinski definition) is 0. The van der Waals surface area contributed by atoms with E-state index in [-0.39, 0.29) is 41.1 Å². The van der Waals surface area contributed by atoms with Crippen molar-refractivity contribution in [3.05, 3.63) is 41.7 Å². The molecule has 1 saturated heterocycles. The Labute approximate surface area is 177 Å². The van der Waals surface area contributed by atoms with E-state index >= 15 is 0 Å². The molecule has 4 heterocycles. The summed E-state index contributed by atoms with van der Waals surface area (Å²) in [5.41, 5.74) is -0.337. The van der Waals surface area contributed by atoms with Gasteiger partial charge in [-0.2, -0.15) is 13.2 Å². The molecule has 1 aliphatic rings. The van der Waals surface area contributed by atoms with E-state index in [4.69, 9.17) is 4.52 Å². The zero-order valence-electron chi connectivity index (χ0n) is 17.4. The number of amides is 1. The van der Waals surface area contributed by atoms with Gasteiger partial charge >= 0.3 is 6.18 Å². The van der Waals surface area contributed by atoms with Crippen LogP contribution < -0.4 is 0 Å². The molecule has 0 N–H and O–H groups in total. The number of hydrogen-bond acceptors (Lipinski definition) is 5. The fourth-order valence-electron chi connectivity index (χ4n) is 4.15. The standard InChI is InChI=1S/C21H24F3N5O2/c1-3-15-10-16(21(22,23)24)18-19(27-31-20(18)26-15)14-5-4-7-28(11-14)17(30)9-13(2)29-8-6-25-12-29/h6,8,10,12-14H,3-5,7,9,11H2,1-2H3/t13-,14-/m0/s1. The molecular formula is C21H24F3N5O2. The number of alkyl halides is 3. The maximum Gasteiger partial charge on any atom is 0.417 e. The third-order valence-electron chi connectivity index (χ3n) is 5.86. The van der Waals surface area contributed by atoms with Gasteiger partial charge in [0, 0.05) is 49.6 Å². The van der Waals surface area contributed by atoms with Gasteiger partial charge in [-0.1, -0.05) is 12.1 Å². The van der Waals surface area contributed by atoms with Crippen molar-refractivity contribution in [1.82, 2.24) is 24.6 Å². The lowest BCUT2D eigenvalue weighted by atomic mass is 9.91. The van der Waals surface area contributed by atoms with Crippen LogP contribution in [0.1, 0.15) is 62.0 Å². The van der Waals surface area contributed by atoms with E-state index in [1.807, 2.05) is 11.5 Å². The predicted octanol–water partition coefficient (Wildman–Crippen LogP) is 4.36. The van der Waals surface area contributed by atoms with Gasteiger partial charge in [0.05, 0.1) is 23.0 Å². The van der Waals surface area contributed by atoms with E-state index in [9.17, 15) is 18.0 Å². The molecule has 166 valence electrons. The minimum absolute atomic E-state index is 0.0406. The summed E-state index contributed by atoms with van der Waals surface area (Å²) in [6.45, 7) is 4.55. The van der Waals surface area contributed by atoms with Gasteiger partial charge in [-0.25, -0.2) is 9.97 Å². The first kappa shape index (κ1) is 21.3. The average Bonchev–Trinajstić information content (AvgIpc) is 3.42. The van der Waals surface area contributed by atoms with Gasteiger partial charge in [-0.15, -0.1) is 0 Å². The van der Waals surface area contributed by atoms with Gasteiger partial charge in [0.2, 0.25) is 5.91 Å². The number of aryl methyl sites for hydroxylation is 1. The Bertz CT molecular complexity index is 1060. The number of imidazole rings is 1. The lowest BCUT2D eigenvalue weighted by Gasteiger charge is -2.33. The highest BCUT2D eigenvalue weighted by molar-refractivity contribution is 5.82. The molecule has 7 nitrogen and oxygen atoms in total. The summed E-state index contributed by atoms with van der Waals surface area (Å²) in [5.74, 6) is -0.376. The highest BCUT2D eigenvalue weighted by Gasteiger charge is 2.38. The first-order valence-corrected chi connectivity index (χ1v) is 10.4. The molecule has 1 aliphatic heterocycles.